The van der Waals surface area contributed by atoms with Crippen LogP contribution < -0.4 is 5.32 Å². The first kappa shape index (κ1) is 10.7. The quantitative estimate of drug-likeness (QED) is 0.535. The van der Waals surface area contributed by atoms with Gasteiger partial charge >= 0.3 is 0 Å². The Balaban J connectivity index is 2.21. The first-order valence-corrected chi connectivity index (χ1v) is 4.89. The van der Waals surface area contributed by atoms with Crippen LogP contribution in [0.4, 0.5) is 0 Å². The van der Waals surface area contributed by atoms with Crippen molar-refractivity contribution < 1.29 is 0 Å². The summed E-state index contributed by atoms with van der Waals surface area (Å²) in [5, 5.41) is 7.36. The molecule has 0 aliphatic heterocycles. The molecule has 1 heterocycles. The molecule has 0 bridgehead atoms. The zero-order chi connectivity index (χ0) is 10.2. The largest absolute Gasteiger partial charge is 0.310 e. The molecule has 0 unspecified atom stereocenters. The Bertz CT molecular complexity index is 297. The second-order valence-electron chi connectivity index (χ2n) is 2.98. The van der Waals surface area contributed by atoms with Crippen LogP contribution in [-0.2, 0) is 13.1 Å². The van der Waals surface area contributed by atoms with E-state index in [1.54, 1.807) is 6.33 Å². The van der Waals surface area contributed by atoms with Gasteiger partial charge in [-0.3, -0.25) is 0 Å². The second kappa shape index (κ2) is 6.17. The molecule has 4 heteroatoms. The van der Waals surface area contributed by atoms with Crippen LogP contribution in [0.15, 0.2) is 6.33 Å². The van der Waals surface area contributed by atoms with Gasteiger partial charge in [-0.1, -0.05) is 0 Å². The predicted molar refractivity (Wildman–Crippen MR) is 55.5 cm³/mol. The SMILES string of the molecule is C#CCCCNCc1ncnn1CC. The van der Waals surface area contributed by atoms with Crippen molar-refractivity contribution in [3.63, 3.8) is 0 Å². The molecule has 0 amide bonds. The number of unbranched alkanes of at least 4 members (excludes halogenated alkanes) is 1. The van der Waals surface area contributed by atoms with E-state index in [9.17, 15) is 0 Å². The Morgan fingerprint density at radius 1 is 1.64 bits per heavy atom. The minimum Gasteiger partial charge on any atom is -0.310 e. The Labute approximate surface area is 84.7 Å². The van der Waals surface area contributed by atoms with E-state index in [1.165, 1.54) is 0 Å². The Hall–Kier alpha value is -1.34. The van der Waals surface area contributed by atoms with E-state index < -0.39 is 0 Å². The van der Waals surface area contributed by atoms with Crippen LogP contribution in [0.5, 0.6) is 0 Å². The second-order valence-corrected chi connectivity index (χ2v) is 2.98. The molecule has 0 atom stereocenters. The van der Waals surface area contributed by atoms with Crippen LogP contribution in [0.25, 0.3) is 0 Å². The van der Waals surface area contributed by atoms with Gasteiger partial charge in [0.25, 0.3) is 0 Å². The molecule has 0 spiro atoms. The van der Waals surface area contributed by atoms with Crippen LogP contribution in [0.3, 0.4) is 0 Å². The van der Waals surface area contributed by atoms with Crippen molar-refractivity contribution in [1.29, 1.82) is 0 Å². The van der Waals surface area contributed by atoms with Crippen LogP contribution in [0.1, 0.15) is 25.6 Å². The standard InChI is InChI=1S/C10H16N4/c1-3-5-6-7-11-8-10-12-9-13-14(10)4-2/h1,9,11H,4-8H2,2H3. The van der Waals surface area contributed by atoms with E-state index in [0.717, 1.165) is 38.3 Å². The number of rotatable bonds is 6. The predicted octanol–water partition coefficient (Wildman–Crippen LogP) is 0.801. The fourth-order valence-corrected chi connectivity index (χ4v) is 1.20. The number of aromatic nitrogens is 3. The number of terminal acetylenes is 1. The maximum absolute atomic E-state index is 5.15. The molecule has 1 aromatic heterocycles. The van der Waals surface area contributed by atoms with Crippen LogP contribution in [0.2, 0.25) is 0 Å². The van der Waals surface area contributed by atoms with Gasteiger partial charge in [0.2, 0.25) is 0 Å². The topological polar surface area (TPSA) is 42.7 Å². The molecule has 0 aromatic carbocycles. The number of nitrogens with zero attached hydrogens (tertiary/aromatic N) is 3. The van der Waals surface area contributed by atoms with E-state index in [4.69, 9.17) is 6.42 Å². The Morgan fingerprint density at radius 2 is 2.50 bits per heavy atom. The summed E-state index contributed by atoms with van der Waals surface area (Å²) in [7, 11) is 0. The van der Waals surface area contributed by atoms with Gasteiger partial charge in [-0.05, 0) is 19.9 Å². The fraction of sp³-hybridized carbons (Fsp3) is 0.600. The summed E-state index contributed by atoms with van der Waals surface area (Å²) < 4.78 is 1.88. The normalized spacial score (nSPS) is 10.0. The Morgan fingerprint density at radius 3 is 3.21 bits per heavy atom. The van der Waals surface area contributed by atoms with E-state index in [0.29, 0.717) is 0 Å². The molecule has 1 N–H and O–H groups in total. The van der Waals surface area contributed by atoms with Crippen molar-refractivity contribution in [3.05, 3.63) is 12.2 Å². The summed E-state index contributed by atoms with van der Waals surface area (Å²) in [6.45, 7) is 4.61. The molecular formula is C10H16N4. The van der Waals surface area contributed by atoms with Crippen molar-refractivity contribution >= 4 is 0 Å². The maximum Gasteiger partial charge on any atom is 0.140 e. The summed E-state index contributed by atoms with van der Waals surface area (Å²) in [6, 6.07) is 0. The summed E-state index contributed by atoms with van der Waals surface area (Å²) in [6.07, 6.45) is 8.57. The lowest BCUT2D eigenvalue weighted by atomic mass is 10.3. The average Bonchev–Trinajstić information content (AvgIpc) is 2.65. The van der Waals surface area contributed by atoms with E-state index in [2.05, 4.69) is 28.2 Å². The molecule has 0 radical (unpaired) electrons. The van der Waals surface area contributed by atoms with Crippen molar-refractivity contribution in [3.8, 4) is 12.3 Å². The van der Waals surface area contributed by atoms with Crippen molar-refractivity contribution in [2.45, 2.75) is 32.9 Å². The summed E-state index contributed by atoms with van der Waals surface area (Å²) in [5.74, 6) is 3.59. The van der Waals surface area contributed by atoms with Gasteiger partial charge in [0, 0.05) is 13.0 Å². The molecule has 0 aliphatic rings. The van der Waals surface area contributed by atoms with Crippen molar-refractivity contribution in [2.24, 2.45) is 0 Å². The van der Waals surface area contributed by atoms with Gasteiger partial charge in [-0.15, -0.1) is 12.3 Å². The van der Waals surface area contributed by atoms with Gasteiger partial charge < -0.3 is 5.32 Å². The summed E-state index contributed by atoms with van der Waals surface area (Å²) >= 11 is 0. The molecule has 4 nitrogen and oxygen atoms in total. The van der Waals surface area contributed by atoms with Crippen LogP contribution in [-0.4, -0.2) is 21.3 Å². The third kappa shape index (κ3) is 3.19. The third-order valence-corrected chi connectivity index (χ3v) is 1.95. The fourth-order valence-electron chi connectivity index (χ4n) is 1.20. The smallest absolute Gasteiger partial charge is 0.140 e. The van der Waals surface area contributed by atoms with Gasteiger partial charge in [-0.2, -0.15) is 5.10 Å². The number of hydrogen-bond acceptors (Lipinski definition) is 3. The highest BCUT2D eigenvalue weighted by Crippen LogP contribution is 1.93. The van der Waals surface area contributed by atoms with E-state index >= 15 is 0 Å². The van der Waals surface area contributed by atoms with Crippen molar-refractivity contribution in [2.75, 3.05) is 6.54 Å². The maximum atomic E-state index is 5.15. The number of aryl methyl sites for hydroxylation is 1. The molecule has 0 saturated heterocycles. The van der Waals surface area contributed by atoms with Gasteiger partial charge in [0.1, 0.15) is 12.2 Å². The molecular weight excluding hydrogens is 176 g/mol. The molecule has 14 heavy (non-hydrogen) atoms. The third-order valence-electron chi connectivity index (χ3n) is 1.95. The minimum absolute atomic E-state index is 0.762. The molecule has 0 fully saturated rings. The van der Waals surface area contributed by atoms with Gasteiger partial charge in [-0.25, -0.2) is 9.67 Å². The lowest BCUT2D eigenvalue weighted by molar-refractivity contribution is 0.567. The molecule has 1 aromatic rings. The number of hydrogen-bond donors (Lipinski definition) is 1. The average molecular weight is 192 g/mol. The molecule has 76 valence electrons. The summed E-state index contributed by atoms with van der Waals surface area (Å²) in [5.41, 5.74) is 0. The lowest BCUT2D eigenvalue weighted by Gasteiger charge is -2.03. The highest BCUT2D eigenvalue weighted by Gasteiger charge is 2.00. The van der Waals surface area contributed by atoms with Gasteiger partial charge in [0.05, 0.1) is 6.54 Å². The van der Waals surface area contributed by atoms with Crippen LogP contribution >= 0.6 is 0 Å². The molecule has 1 rings (SSSR count). The monoisotopic (exact) mass is 192 g/mol. The van der Waals surface area contributed by atoms with Crippen LogP contribution in [0, 0.1) is 12.3 Å². The van der Waals surface area contributed by atoms with Crippen molar-refractivity contribution in [1.82, 2.24) is 20.1 Å². The summed E-state index contributed by atoms with van der Waals surface area (Å²) in [4.78, 5) is 4.15. The zero-order valence-corrected chi connectivity index (χ0v) is 8.53. The highest BCUT2D eigenvalue weighted by atomic mass is 15.3. The number of nitrogens with one attached hydrogen (secondary N) is 1. The molecule has 0 aliphatic carbocycles. The highest BCUT2D eigenvalue weighted by molar-refractivity contribution is 4.85. The van der Waals surface area contributed by atoms with E-state index in [1.807, 2.05) is 4.68 Å². The lowest BCUT2D eigenvalue weighted by Crippen LogP contribution is -2.18. The zero-order valence-electron chi connectivity index (χ0n) is 8.53. The first-order chi connectivity index (χ1) is 6.88. The first-order valence-electron chi connectivity index (χ1n) is 4.89. The molecule has 0 saturated carbocycles. The Kier molecular flexibility index (Phi) is 4.73. The van der Waals surface area contributed by atoms with E-state index in [-0.39, 0.29) is 0 Å². The minimum atomic E-state index is 0.762. The van der Waals surface area contributed by atoms with Gasteiger partial charge in [0.15, 0.2) is 0 Å².